The quantitative estimate of drug-likeness (QED) is 0.290. The van der Waals surface area contributed by atoms with Crippen LogP contribution in [0.5, 0.6) is 23.0 Å². The highest BCUT2D eigenvalue weighted by atomic mass is 31.1. The molecule has 1 heterocycles. The third-order valence-corrected chi connectivity index (χ3v) is 5.59. The standard InChI is InChI=1S/C23H21N2O8P/c1-14-22(28)18(12-26)16(11-24-14)13-32-20-4-2-3-5-21(20)33-34(31)25-19(23(29)30)10-15-6-8-17(27)9-7-15/h2-9,11-12,19,27-28H,10,13H2,1H3,(H,29,30). The van der Waals surface area contributed by atoms with Crippen molar-refractivity contribution in [3.05, 3.63) is 77.1 Å². The highest BCUT2D eigenvalue weighted by Gasteiger charge is 2.23. The first-order chi connectivity index (χ1) is 16.3. The molecule has 0 aliphatic rings. The lowest BCUT2D eigenvalue weighted by Gasteiger charge is -2.12. The summed E-state index contributed by atoms with van der Waals surface area (Å²) in [5.74, 6) is -1.26. The fourth-order valence-corrected chi connectivity index (χ4v) is 3.73. The van der Waals surface area contributed by atoms with Crippen molar-refractivity contribution in [2.75, 3.05) is 0 Å². The minimum Gasteiger partial charge on any atom is -0.575 e. The number of aromatic nitrogens is 1. The molecule has 0 aliphatic heterocycles. The van der Waals surface area contributed by atoms with Gasteiger partial charge in [0.05, 0.1) is 11.3 Å². The lowest BCUT2D eigenvalue weighted by molar-refractivity contribution is -0.169. The van der Waals surface area contributed by atoms with Crippen LogP contribution < -0.4 is 14.2 Å². The number of carboxylic acids is 1. The number of carboxylic acid groups (broad SMARTS) is 1. The third kappa shape index (κ3) is 6.28. The van der Waals surface area contributed by atoms with E-state index in [9.17, 15) is 29.8 Å². The zero-order chi connectivity index (χ0) is 24.7. The fourth-order valence-electron chi connectivity index (χ4n) is 2.95. The molecule has 3 aromatic rings. The molecular formula is C23H21N2O8P. The molecule has 2 unspecified atom stereocenters. The Balaban J connectivity index is 1.75. The van der Waals surface area contributed by atoms with Crippen LogP contribution in [0.1, 0.15) is 27.2 Å². The minimum absolute atomic E-state index is 0.0375. The number of para-hydroxylation sites is 2. The van der Waals surface area contributed by atoms with Crippen molar-refractivity contribution >= 4 is 20.4 Å². The van der Waals surface area contributed by atoms with Crippen LogP contribution in [-0.4, -0.2) is 38.6 Å². The Morgan fingerprint density at radius 2 is 1.85 bits per heavy atom. The SMILES string of the molecule is Cc1ncc(COc2ccccc2O[P+]([O-])=NC(Cc2ccc(O)cc2)C(=O)O)c(C=O)c1O. The molecule has 0 amide bonds. The molecule has 0 fully saturated rings. The van der Waals surface area contributed by atoms with Gasteiger partial charge in [-0.3, -0.25) is 14.3 Å². The number of nitrogens with zero attached hydrogens (tertiary/aromatic N) is 2. The normalized spacial score (nSPS) is 12.1. The topological polar surface area (TPSA) is 162 Å². The summed E-state index contributed by atoms with van der Waals surface area (Å²) in [5, 5.41) is 28.8. The first kappa shape index (κ1) is 24.6. The minimum atomic E-state index is -2.77. The van der Waals surface area contributed by atoms with Crippen LogP contribution in [0.15, 0.2) is 59.5 Å². The van der Waals surface area contributed by atoms with Crippen molar-refractivity contribution in [1.82, 2.24) is 4.98 Å². The van der Waals surface area contributed by atoms with Crippen LogP contribution in [0.25, 0.3) is 0 Å². The molecule has 2 atom stereocenters. The number of aldehydes is 1. The average molecular weight is 484 g/mol. The second-order valence-corrected chi connectivity index (χ2v) is 8.04. The van der Waals surface area contributed by atoms with E-state index in [0.717, 1.165) is 0 Å². The average Bonchev–Trinajstić information content (AvgIpc) is 2.81. The summed E-state index contributed by atoms with van der Waals surface area (Å²) in [6.45, 7) is 1.42. The molecule has 0 radical (unpaired) electrons. The summed E-state index contributed by atoms with van der Waals surface area (Å²) < 4.78 is 14.8. The van der Waals surface area contributed by atoms with Crippen molar-refractivity contribution < 1.29 is 39.1 Å². The number of phenols is 1. The van der Waals surface area contributed by atoms with Crippen molar-refractivity contribution in [2.24, 2.45) is 4.74 Å². The summed E-state index contributed by atoms with van der Waals surface area (Å²) in [5.41, 5.74) is 1.27. The number of rotatable bonds is 10. The van der Waals surface area contributed by atoms with Crippen LogP contribution in [0, 0.1) is 6.92 Å². The fraction of sp³-hybridized carbons (Fsp3) is 0.174. The van der Waals surface area contributed by atoms with E-state index in [1.54, 1.807) is 31.2 Å². The summed E-state index contributed by atoms with van der Waals surface area (Å²) in [4.78, 5) is 39.4. The van der Waals surface area contributed by atoms with Crippen molar-refractivity contribution in [3.8, 4) is 23.0 Å². The van der Waals surface area contributed by atoms with Crippen molar-refractivity contribution in [3.63, 3.8) is 0 Å². The van der Waals surface area contributed by atoms with Gasteiger partial charge in [0.15, 0.2) is 18.1 Å². The van der Waals surface area contributed by atoms with E-state index in [2.05, 4.69) is 9.73 Å². The zero-order valence-electron chi connectivity index (χ0n) is 18.0. The van der Waals surface area contributed by atoms with Gasteiger partial charge in [0.2, 0.25) is 5.75 Å². The largest absolute Gasteiger partial charge is 0.575 e. The first-order valence-corrected chi connectivity index (χ1v) is 11.1. The molecule has 34 heavy (non-hydrogen) atoms. The highest BCUT2D eigenvalue weighted by Crippen LogP contribution is 2.34. The van der Waals surface area contributed by atoms with Crippen LogP contribution in [0.2, 0.25) is 0 Å². The number of carbonyl (C=O) groups is 2. The summed E-state index contributed by atoms with van der Waals surface area (Å²) in [7, 11) is -2.77. The molecular weight excluding hydrogens is 463 g/mol. The zero-order valence-corrected chi connectivity index (χ0v) is 18.9. The number of hydrogen-bond acceptors (Lipinski definition) is 9. The molecule has 11 heteroatoms. The molecule has 0 saturated carbocycles. The van der Waals surface area contributed by atoms with Crippen LogP contribution in [0.3, 0.4) is 0 Å². The number of aromatic hydroxyl groups is 2. The van der Waals surface area contributed by atoms with Crippen molar-refractivity contribution in [1.29, 1.82) is 0 Å². The number of ether oxygens (including phenoxy) is 1. The van der Waals surface area contributed by atoms with Gasteiger partial charge in [0.1, 0.15) is 18.1 Å². The van der Waals surface area contributed by atoms with Gasteiger partial charge in [-0.1, -0.05) is 29.0 Å². The molecule has 1 aromatic heterocycles. The molecule has 2 aromatic carbocycles. The van der Waals surface area contributed by atoms with E-state index in [1.807, 2.05) is 0 Å². The Labute approximate surface area is 195 Å². The van der Waals surface area contributed by atoms with E-state index >= 15 is 0 Å². The highest BCUT2D eigenvalue weighted by molar-refractivity contribution is 7.34. The van der Waals surface area contributed by atoms with Gasteiger partial charge in [-0.25, -0.2) is 4.79 Å². The molecule has 10 nitrogen and oxygen atoms in total. The lowest BCUT2D eigenvalue weighted by Crippen LogP contribution is -2.21. The molecule has 0 spiro atoms. The van der Waals surface area contributed by atoms with E-state index in [-0.39, 0.29) is 41.6 Å². The maximum absolute atomic E-state index is 12.5. The Morgan fingerprint density at radius 3 is 2.50 bits per heavy atom. The van der Waals surface area contributed by atoms with E-state index in [0.29, 0.717) is 23.1 Å². The number of aryl methyl sites for hydroxylation is 1. The van der Waals surface area contributed by atoms with Gasteiger partial charge in [-0.05, 0) is 36.8 Å². The number of benzene rings is 2. The third-order valence-electron chi connectivity index (χ3n) is 4.77. The van der Waals surface area contributed by atoms with Gasteiger partial charge in [0, 0.05) is 18.2 Å². The molecule has 3 rings (SSSR count). The second-order valence-electron chi connectivity index (χ2n) is 7.15. The Bertz CT molecular complexity index is 1210. The van der Waals surface area contributed by atoms with Gasteiger partial charge in [-0.15, -0.1) is 0 Å². The van der Waals surface area contributed by atoms with Gasteiger partial charge < -0.3 is 24.9 Å². The van der Waals surface area contributed by atoms with Crippen molar-refractivity contribution in [2.45, 2.75) is 26.0 Å². The Morgan fingerprint density at radius 1 is 1.18 bits per heavy atom. The van der Waals surface area contributed by atoms with Crippen LogP contribution in [-0.2, 0) is 17.8 Å². The monoisotopic (exact) mass is 484 g/mol. The summed E-state index contributed by atoms with van der Waals surface area (Å²) in [6.07, 6.45) is 1.86. The van der Waals surface area contributed by atoms with Gasteiger partial charge in [-0.2, -0.15) is 0 Å². The van der Waals surface area contributed by atoms with Crippen LogP contribution in [0.4, 0.5) is 0 Å². The van der Waals surface area contributed by atoms with Gasteiger partial charge in [0.25, 0.3) is 0 Å². The number of phenolic OH excluding ortho intramolecular Hbond substituents is 1. The number of pyridine rings is 1. The second kappa shape index (κ2) is 11.2. The number of carbonyl (C=O) groups excluding carboxylic acids is 1. The number of aliphatic carboxylic acids is 1. The van der Waals surface area contributed by atoms with E-state index < -0.39 is 20.2 Å². The van der Waals surface area contributed by atoms with E-state index in [4.69, 9.17) is 9.26 Å². The molecule has 0 aliphatic carbocycles. The number of hydrogen-bond donors (Lipinski definition) is 3. The van der Waals surface area contributed by atoms with Crippen LogP contribution >= 0.6 is 8.17 Å². The Hall–Kier alpha value is -4.01. The molecule has 176 valence electrons. The summed E-state index contributed by atoms with van der Waals surface area (Å²) in [6, 6.07) is 10.8. The maximum Gasteiger partial charge on any atom is 0.395 e. The first-order valence-electron chi connectivity index (χ1n) is 9.99. The molecule has 0 saturated heterocycles. The molecule has 0 bridgehead atoms. The Kier molecular flexibility index (Phi) is 8.13. The smallest absolute Gasteiger partial charge is 0.395 e. The maximum atomic E-state index is 12.5. The summed E-state index contributed by atoms with van der Waals surface area (Å²) >= 11 is 0. The molecule has 3 N–H and O–H groups in total. The van der Waals surface area contributed by atoms with Gasteiger partial charge >= 0.3 is 14.1 Å². The van der Waals surface area contributed by atoms with E-state index in [1.165, 1.54) is 30.5 Å². The predicted molar refractivity (Wildman–Crippen MR) is 120 cm³/mol. The predicted octanol–water partition coefficient (Wildman–Crippen LogP) is 3.12. The lowest BCUT2D eigenvalue weighted by atomic mass is 10.1.